The van der Waals surface area contributed by atoms with Gasteiger partial charge in [-0.15, -0.1) is 0 Å². The first-order valence-electron chi connectivity index (χ1n) is 5.25. The number of rotatable bonds is 2. The third kappa shape index (κ3) is 1.42. The summed E-state index contributed by atoms with van der Waals surface area (Å²) in [7, 11) is -4.05. The van der Waals surface area contributed by atoms with Crippen molar-refractivity contribution in [2.24, 2.45) is 16.7 Å². The van der Waals surface area contributed by atoms with Gasteiger partial charge in [-0.25, -0.2) is 0 Å². The molecule has 4 nitrogen and oxygen atoms in total. The van der Waals surface area contributed by atoms with Crippen LogP contribution in [0.1, 0.15) is 26.7 Å². The van der Waals surface area contributed by atoms with Gasteiger partial charge in [-0.3, -0.25) is 9.35 Å². The molecule has 2 saturated carbocycles. The summed E-state index contributed by atoms with van der Waals surface area (Å²) >= 11 is 3.35. The van der Waals surface area contributed by atoms with Crippen LogP contribution in [0.25, 0.3) is 0 Å². The maximum atomic E-state index is 12.1. The molecule has 0 aliphatic heterocycles. The number of carbonyl (C=O) groups excluding carboxylic acids is 1. The van der Waals surface area contributed by atoms with Crippen LogP contribution in [0, 0.1) is 16.7 Å². The van der Waals surface area contributed by atoms with E-state index in [1.54, 1.807) is 6.92 Å². The topological polar surface area (TPSA) is 71.4 Å². The maximum absolute atomic E-state index is 12.1. The molecule has 2 bridgehead atoms. The van der Waals surface area contributed by atoms with Crippen molar-refractivity contribution in [3.63, 3.8) is 0 Å². The molecule has 0 aromatic rings. The van der Waals surface area contributed by atoms with Crippen LogP contribution in [-0.2, 0) is 14.9 Å². The molecule has 2 aliphatic carbocycles. The average molecular weight is 311 g/mol. The Labute approximate surface area is 104 Å². The third-order valence-corrected chi connectivity index (χ3v) is 6.68. The van der Waals surface area contributed by atoms with Crippen LogP contribution in [0.5, 0.6) is 0 Å². The van der Waals surface area contributed by atoms with E-state index in [4.69, 9.17) is 4.55 Å². The number of Topliss-reactive ketones (excluding diaryl/α,β-unsaturated/α-hetero) is 1. The minimum atomic E-state index is -4.05. The average Bonchev–Trinajstić information content (AvgIpc) is 2.40. The highest BCUT2D eigenvalue weighted by Gasteiger charge is 2.68. The summed E-state index contributed by atoms with van der Waals surface area (Å²) in [5, 5.41) is 0. The van der Waals surface area contributed by atoms with Crippen molar-refractivity contribution in [1.82, 2.24) is 0 Å². The molecule has 0 unspecified atom stereocenters. The number of hydrogen-bond acceptors (Lipinski definition) is 3. The van der Waals surface area contributed by atoms with E-state index in [9.17, 15) is 13.2 Å². The molecule has 2 aliphatic rings. The van der Waals surface area contributed by atoms with Crippen LogP contribution in [0.15, 0.2) is 0 Å². The Balaban J connectivity index is 2.47. The van der Waals surface area contributed by atoms with Gasteiger partial charge in [0.25, 0.3) is 10.1 Å². The SMILES string of the molecule is C[C@]1(CS(=O)(=O)O)[C@@H]2CC[C@]1(C)C(=O)[C@@H]2Br. The summed E-state index contributed by atoms with van der Waals surface area (Å²) in [6.07, 6.45) is 1.55. The maximum Gasteiger partial charge on any atom is 0.265 e. The lowest BCUT2D eigenvalue weighted by Gasteiger charge is -2.35. The van der Waals surface area contributed by atoms with Crippen molar-refractivity contribution in [2.75, 3.05) is 5.75 Å². The van der Waals surface area contributed by atoms with Gasteiger partial charge in [0, 0.05) is 10.8 Å². The first kappa shape index (κ1) is 12.5. The Hall–Kier alpha value is 0.0600. The third-order valence-electron chi connectivity index (χ3n) is 4.66. The second kappa shape index (κ2) is 3.29. The second-order valence-corrected chi connectivity index (χ2v) is 7.83. The van der Waals surface area contributed by atoms with Crippen LogP contribution >= 0.6 is 15.9 Å². The zero-order valence-corrected chi connectivity index (χ0v) is 11.6. The number of fused-ring (bicyclic) bond motifs is 2. The summed E-state index contributed by atoms with van der Waals surface area (Å²) < 4.78 is 31.2. The Morgan fingerprint density at radius 2 is 2.06 bits per heavy atom. The Morgan fingerprint density at radius 1 is 1.50 bits per heavy atom. The van der Waals surface area contributed by atoms with E-state index >= 15 is 0 Å². The molecule has 0 aromatic carbocycles. The van der Waals surface area contributed by atoms with E-state index in [0.717, 1.165) is 6.42 Å². The molecule has 0 amide bonds. The highest BCUT2D eigenvalue weighted by Crippen LogP contribution is 2.65. The zero-order chi connectivity index (χ0) is 12.4. The predicted molar refractivity (Wildman–Crippen MR) is 63.1 cm³/mol. The van der Waals surface area contributed by atoms with E-state index in [1.165, 1.54) is 0 Å². The van der Waals surface area contributed by atoms with Crippen LogP contribution in [0.4, 0.5) is 0 Å². The molecule has 92 valence electrons. The first-order valence-corrected chi connectivity index (χ1v) is 7.78. The lowest BCUT2D eigenvalue weighted by molar-refractivity contribution is -0.127. The summed E-state index contributed by atoms with van der Waals surface area (Å²) in [5.74, 6) is -0.239. The summed E-state index contributed by atoms with van der Waals surface area (Å²) in [6, 6.07) is 0. The number of ketones is 1. The predicted octanol–water partition coefficient (Wildman–Crippen LogP) is 1.64. The van der Waals surface area contributed by atoms with Gasteiger partial charge in [0.2, 0.25) is 0 Å². The molecule has 16 heavy (non-hydrogen) atoms. The van der Waals surface area contributed by atoms with Gasteiger partial charge in [-0.05, 0) is 18.8 Å². The van der Waals surface area contributed by atoms with Gasteiger partial charge < -0.3 is 0 Å². The quantitative estimate of drug-likeness (QED) is 0.622. The fraction of sp³-hybridized carbons (Fsp3) is 0.900. The van der Waals surface area contributed by atoms with Crippen LogP contribution in [-0.4, -0.2) is 29.3 Å². The lowest BCUT2D eigenvalue weighted by Crippen LogP contribution is -2.40. The summed E-state index contributed by atoms with van der Waals surface area (Å²) in [6.45, 7) is 3.62. The zero-order valence-electron chi connectivity index (χ0n) is 9.23. The molecule has 0 heterocycles. The molecule has 6 heteroatoms. The fourth-order valence-electron chi connectivity index (χ4n) is 3.46. The van der Waals surface area contributed by atoms with E-state index in [0.29, 0.717) is 6.42 Å². The van der Waals surface area contributed by atoms with Crippen molar-refractivity contribution >= 4 is 31.8 Å². The summed E-state index contributed by atoms with van der Waals surface area (Å²) in [5.41, 5.74) is -1.27. The van der Waals surface area contributed by atoms with E-state index in [-0.39, 0.29) is 22.3 Å². The van der Waals surface area contributed by atoms with Crippen molar-refractivity contribution in [3.8, 4) is 0 Å². The smallest absolute Gasteiger partial charge is 0.265 e. The molecular formula is C10H15BrO4S. The molecule has 4 atom stereocenters. The number of hydrogen-bond donors (Lipinski definition) is 1. The largest absolute Gasteiger partial charge is 0.298 e. The molecule has 2 fully saturated rings. The second-order valence-electron chi connectivity index (χ2n) is 5.39. The van der Waals surface area contributed by atoms with E-state index in [2.05, 4.69) is 15.9 Å². The molecule has 0 radical (unpaired) electrons. The highest BCUT2D eigenvalue weighted by atomic mass is 79.9. The van der Waals surface area contributed by atoms with Gasteiger partial charge >= 0.3 is 0 Å². The fourth-order valence-corrected chi connectivity index (χ4v) is 6.11. The van der Waals surface area contributed by atoms with Crippen molar-refractivity contribution in [1.29, 1.82) is 0 Å². The monoisotopic (exact) mass is 310 g/mol. The van der Waals surface area contributed by atoms with Crippen molar-refractivity contribution < 1.29 is 17.8 Å². The first-order chi connectivity index (χ1) is 7.12. The summed E-state index contributed by atoms with van der Waals surface area (Å²) in [4.78, 5) is 11.8. The van der Waals surface area contributed by atoms with Crippen LogP contribution in [0.3, 0.4) is 0 Å². The molecule has 0 aromatic heterocycles. The molecule has 0 spiro atoms. The molecule has 1 N–H and O–H groups in total. The standard InChI is InChI=1S/C10H15BrO4S/c1-9-4-3-6(7(11)8(9)12)10(9,2)5-16(13,14)15/h6-7H,3-5H2,1-2H3,(H,13,14,15)/t6-,7-,9-,10+/m1/s1. The number of halogens is 1. The Morgan fingerprint density at radius 3 is 2.44 bits per heavy atom. The van der Waals surface area contributed by atoms with Gasteiger partial charge in [0.15, 0.2) is 5.78 Å². The molecule has 2 rings (SSSR count). The van der Waals surface area contributed by atoms with Crippen LogP contribution in [0.2, 0.25) is 0 Å². The minimum absolute atomic E-state index is 0.00641. The molecular weight excluding hydrogens is 296 g/mol. The van der Waals surface area contributed by atoms with Gasteiger partial charge in [0.05, 0.1) is 10.6 Å². The van der Waals surface area contributed by atoms with Gasteiger partial charge in [-0.1, -0.05) is 29.8 Å². The van der Waals surface area contributed by atoms with Crippen LogP contribution < -0.4 is 0 Å². The van der Waals surface area contributed by atoms with Gasteiger partial charge in [-0.2, -0.15) is 8.42 Å². The Kier molecular flexibility index (Phi) is 2.58. The Bertz CT molecular complexity index is 446. The minimum Gasteiger partial charge on any atom is -0.298 e. The number of carbonyl (C=O) groups is 1. The number of alkyl halides is 1. The highest BCUT2D eigenvalue weighted by molar-refractivity contribution is 9.10. The molecule has 0 saturated heterocycles. The van der Waals surface area contributed by atoms with E-state index < -0.39 is 20.9 Å². The normalized spacial score (nSPS) is 47.6. The van der Waals surface area contributed by atoms with Crippen molar-refractivity contribution in [3.05, 3.63) is 0 Å². The lowest BCUT2D eigenvalue weighted by atomic mass is 9.70. The van der Waals surface area contributed by atoms with Crippen molar-refractivity contribution in [2.45, 2.75) is 31.5 Å². The van der Waals surface area contributed by atoms with Gasteiger partial charge in [0.1, 0.15) is 0 Å². The van der Waals surface area contributed by atoms with E-state index in [1.807, 2.05) is 6.92 Å².